The molecule has 0 saturated heterocycles. The van der Waals surface area contributed by atoms with Gasteiger partial charge in [-0.3, -0.25) is 9.59 Å². The summed E-state index contributed by atoms with van der Waals surface area (Å²) in [6.45, 7) is 3.48. The molecule has 8 nitrogen and oxygen atoms in total. The third-order valence-corrected chi connectivity index (χ3v) is 4.77. The molecule has 0 unspecified atom stereocenters. The summed E-state index contributed by atoms with van der Waals surface area (Å²) in [7, 11) is 1.54. The number of rotatable bonds is 5. The standard InChI is InChI=1S/C17H17N5O3S/c1-17(2,22-10-18-9-20-22)13(23)7-15-21-16(24)12(26-15)6-11-4-5-14(25-3)19-8-11/h4-10H,1-3H3,(H,21,24)/b12-6-,15-7+. The molecule has 0 aliphatic heterocycles. The fourth-order valence-corrected chi connectivity index (χ4v) is 3.06. The molecule has 0 aliphatic carbocycles. The number of carbonyl (C=O) groups is 1. The Kier molecular flexibility index (Phi) is 4.81. The van der Waals surface area contributed by atoms with Crippen LogP contribution in [0.25, 0.3) is 12.2 Å². The van der Waals surface area contributed by atoms with Crippen molar-refractivity contribution in [3.8, 4) is 5.88 Å². The molecule has 3 aromatic rings. The molecule has 3 heterocycles. The Balaban J connectivity index is 1.94. The van der Waals surface area contributed by atoms with Gasteiger partial charge in [0, 0.05) is 18.3 Å². The summed E-state index contributed by atoms with van der Waals surface area (Å²) < 4.78 is 7.44. The van der Waals surface area contributed by atoms with E-state index in [9.17, 15) is 9.59 Å². The number of Topliss-reactive ketones (excluding diaryl/α,β-unsaturated/α-hetero) is 1. The highest BCUT2D eigenvalue weighted by Gasteiger charge is 2.28. The van der Waals surface area contributed by atoms with Crippen LogP contribution in [0.2, 0.25) is 0 Å². The van der Waals surface area contributed by atoms with Gasteiger partial charge in [-0.2, -0.15) is 5.10 Å². The Morgan fingerprint density at radius 3 is 2.81 bits per heavy atom. The molecule has 0 bridgehead atoms. The van der Waals surface area contributed by atoms with Crippen molar-refractivity contribution in [3.63, 3.8) is 0 Å². The van der Waals surface area contributed by atoms with Crippen LogP contribution >= 0.6 is 11.3 Å². The molecule has 0 radical (unpaired) electrons. The lowest BCUT2D eigenvalue weighted by atomic mass is 10.00. The van der Waals surface area contributed by atoms with Gasteiger partial charge in [0.15, 0.2) is 5.78 Å². The Labute approximate surface area is 152 Å². The van der Waals surface area contributed by atoms with Crippen LogP contribution in [0.5, 0.6) is 5.88 Å². The van der Waals surface area contributed by atoms with Crippen molar-refractivity contribution < 1.29 is 9.53 Å². The lowest BCUT2D eigenvalue weighted by Crippen LogP contribution is -2.36. The monoisotopic (exact) mass is 371 g/mol. The van der Waals surface area contributed by atoms with Crippen LogP contribution in [0.4, 0.5) is 0 Å². The first-order chi connectivity index (χ1) is 12.4. The number of hydrogen-bond acceptors (Lipinski definition) is 7. The van der Waals surface area contributed by atoms with Gasteiger partial charge in [0.25, 0.3) is 5.56 Å². The van der Waals surface area contributed by atoms with Crippen LogP contribution < -0.4 is 19.5 Å². The molecule has 0 aromatic carbocycles. The van der Waals surface area contributed by atoms with E-state index in [0.717, 1.165) is 5.56 Å². The van der Waals surface area contributed by atoms with Crippen molar-refractivity contribution in [1.29, 1.82) is 0 Å². The zero-order valence-corrected chi connectivity index (χ0v) is 15.3. The zero-order chi connectivity index (χ0) is 18.7. The maximum absolute atomic E-state index is 12.6. The highest BCUT2D eigenvalue weighted by Crippen LogP contribution is 2.14. The second kappa shape index (κ2) is 7.04. The van der Waals surface area contributed by atoms with Gasteiger partial charge in [0.05, 0.1) is 16.3 Å². The summed E-state index contributed by atoms with van der Waals surface area (Å²) >= 11 is 1.20. The quantitative estimate of drug-likeness (QED) is 0.680. The number of nitrogens with one attached hydrogen (secondary N) is 1. The molecule has 3 rings (SSSR count). The first-order valence-electron chi connectivity index (χ1n) is 7.72. The summed E-state index contributed by atoms with van der Waals surface area (Å²) in [4.78, 5) is 35.4. The van der Waals surface area contributed by atoms with Gasteiger partial charge in [-0.1, -0.05) is 0 Å². The Morgan fingerprint density at radius 1 is 1.38 bits per heavy atom. The fourth-order valence-electron chi connectivity index (χ4n) is 2.18. The molecule has 0 amide bonds. The largest absolute Gasteiger partial charge is 0.481 e. The van der Waals surface area contributed by atoms with E-state index in [4.69, 9.17) is 4.74 Å². The van der Waals surface area contributed by atoms with Crippen molar-refractivity contribution >= 4 is 29.3 Å². The topological polar surface area (TPSA) is 103 Å². The molecule has 0 aliphatic rings. The second-order valence-corrected chi connectivity index (χ2v) is 7.05. The van der Waals surface area contributed by atoms with Crippen LogP contribution in [0.15, 0.2) is 35.8 Å². The molecular weight excluding hydrogens is 354 g/mol. The van der Waals surface area contributed by atoms with Crippen LogP contribution in [-0.2, 0) is 10.3 Å². The molecule has 134 valence electrons. The molecule has 0 fully saturated rings. The van der Waals surface area contributed by atoms with Gasteiger partial charge in [0.1, 0.15) is 18.2 Å². The van der Waals surface area contributed by atoms with Crippen molar-refractivity contribution in [2.75, 3.05) is 7.11 Å². The second-order valence-electron chi connectivity index (χ2n) is 5.97. The zero-order valence-electron chi connectivity index (χ0n) is 14.5. The molecular formula is C17H17N5O3S. The van der Waals surface area contributed by atoms with Crippen molar-refractivity contribution in [1.82, 2.24) is 24.7 Å². The SMILES string of the molecule is COc1ccc(/C=c2\s/c(=C/C(=O)C(C)(C)n3cncn3)[nH]c2=O)cn1. The van der Waals surface area contributed by atoms with Gasteiger partial charge in [-0.15, -0.1) is 11.3 Å². The lowest BCUT2D eigenvalue weighted by Gasteiger charge is -2.20. The lowest BCUT2D eigenvalue weighted by molar-refractivity contribution is -0.120. The normalized spacial score (nSPS) is 13.2. The number of ether oxygens (including phenoxy) is 1. The third-order valence-electron chi connectivity index (χ3n) is 3.80. The van der Waals surface area contributed by atoms with Crippen LogP contribution in [0.3, 0.4) is 0 Å². The van der Waals surface area contributed by atoms with E-state index < -0.39 is 5.54 Å². The molecule has 0 saturated carbocycles. The minimum atomic E-state index is -0.902. The van der Waals surface area contributed by atoms with E-state index in [0.29, 0.717) is 15.1 Å². The average Bonchev–Trinajstić information content (AvgIpc) is 3.26. The first-order valence-corrected chi connectivity index (χ1v) is 8.54. The number of H-pyrrole nitrogens is 1. The third kappa shape index (κ3) is 3.62. The number of carbonyl (C=O) groups excluding carboxylic acids is 1. The van der Waals surface area contributed by atoms with Gasteiger partial charge < -0.3 is 9.72 Å². The van der Waals surface area contributed by atoms with Crippen molar-refractivity contribution in [3.05, 3.63) is 56.1 Å². The van der Waals surface area contributed by atoms with Gasteiger partial charge in [0.2, 0.25) is 5.88 Å². The van der Waals surface area contributed by atoms with Crippen LogP contribution in [0.1, 0.15) is 19.4 Å². The summed E-state index contributed by atoms with van der Waals surface area (Å²) in [6.07, 6.45) is 7.59. The number of thiazole rings is 1. The maximum Gasteiger partial charge on any atom is 0.266 e. The number of hydrogen-bond donors (Lipinski definition) is 1. The number of pyridine rings is 1. The summed E-state index contributed by atoms with van der Waals surface area (Å²) in [5.74, 6) is 0.301. The van der Waals surface area contributed by atoms with Gasteiger partial charge >= 0.3 is 0 Å². The van der Waals surface area contributed by atoms with E-state index >= 15 is 0 Å². The molecule has 26 heavy (non-hydrogen) atoms. The number of nitrogens with zero attached hydrogens (tertiary/aromatic N) is 4. The maximum atomic E-state index is 12.6. The Morgan fingerprint density at radius 2 is 2.19 bits per heavy atom. The molecule has 0 spiro atoms. The van der Waals surface area contributed by atoms with Gasteiger partial charge in [-0.05, 0) is 31.6 Å². The summed E-state index contributed by atoms with van der Waals surface area (Å²) in [6, 6.07) is 3.51. The van der Waals surface area contributed by atoms with E-state index in [1.54, 1.807) is 38.3 Å². The predicted octanol–water partition coefficient (Wildman–Crippen LogP) is 0.0452. The molecule has 9 heteroatoms. The number of aromatic amines is 1. The molecule has 0 atom stereocenters. The van der Waals surface area contributed by atoms with E-state index in [2.05, 4.69) is 20.1 Å². The smallest absolute Gasteiger partial charge is 0.266 e. The highest BCUT2D eigenvalue weighted by atomic mass is 32.1. The Hall–Kier alpha value is -3.07. The van der Waals surface area contributed by atoms with E-state index in [1.807, 2.05) is 0 Å². The Bertz CT molecular complexity index is 1080. The fraction of sp³-hybridized carbons (Fsp3) is 0.235. The number of methoxy groups -OCH3 is 1. The highest BCUT2D eigenvalue weighted by molar-refractivity contribution is 7.07. The average molecular weight is 371 g/mol. The van der Waals surface area contributed by atoms with Crippen LogP contribution in [-0.4, -0.2) is 37.6 Å². The minimum absolute atomic E-state index is 0.196. The molecule has 3 aromatic heterocycles. The summed E-state index contributed by atoms with van der Waals surface area (Å²) in [5, 5.41) is 4.02. The van der Waals surface area contributed by atoms with Crippen molar-refractivity contribution in [2.24, 2.45) is 0 Å². The minimum Gasteiger partial charge on any atom is -0.481 e. The van der Waals surface area contributed by atoms with Crippen molar-refractivity contribution in [2.45, 2.75) is 19.4 Å². The van der Waals surface area contributed by atoms with E-state index in [1.165, 1.54) is 41.9 Å². The van der Waals surface area contributed by atoms with Gasteiger partial charge in [-0.25, -0.2) is 14.6 Å². The summed E-state index contributed by atoms with van der Waals surface area (Å²) in [5.41, 5.74) is -0.399. The number of aromatic nitrogens is 5. The molecule has 1 N–H and O–H groups in total. The van der Waals surface area contributed by atoms with Crippen LogP contribution in [0, 0.1) is 0 Å². The number of ketones is 1. The predicted molar refractivity (Wildman–Crippen MR) is 97.4 cm³/mol. The van der Waals surface area contributed by atoms with E-state index in [-0.39, 0.29) is 11.3 Å². The first kappa shape index (κ1) is 17.7.